The summed E-state index contributed by atoms with van der Waals surface area (Å²) in [5, 5.41) is 6.87. The van der Waals surface area contributed by atoms with E-state index in [2.05, 4.69) is 27.8 Å². The average molecular weight is 491 g/mol. The van der Waals surface area contributed by atoms with Crippen molar-refractivity contribution in [2.45, 2.75) is 11.6 Å². The molecule has 4 rings (SSSR count). The van der Waals surface area contributed by atoms with Gasteiger partial charge in [0.25, 0.3) is 5.91 Å². The van der Waals surface area contributed by atoms with Gasteiger partial charge in [0.15, 0.2) is 5.16 Å². The van der Waals surface area contributed by atoms with Crippen LogP contribution in [0.4, 0.5) is 11.4 Å². The molecule has 6 nitrogen and oxygen atoms in total. The molecule has 0 spiro atoms. The second kappa shape index (κ2) is 11.0. The minimum absolute atomic E-state index is 0.171. The van der Waals surface area contributed by atoms with E-state index < -0.39 is 0 Å². The van der Waals surface area contributed by atoms with Gasteiger partial charge >= 0.3 is 0 Å². The number of aromatic nitrogens is 2. The van der Waals surface area contributed by atoms with Crippen molar-refractivity contribution in [3.63, 3.8) is 0 Å². The molecule has 2 N–H and O–H groups in total. The van der Waals surface area contributed by atoms with Crippen molar-refractivity contribution < 1.29 is 9.59 Å². The van der Waals surface area contributed by atoms with Crippen LogP contribution in [-0.2, 0) is 18.3 Å². The summed E-state index contributed by atoms with van der Waals surface area (Å²) in [6.07, 6.45) is 4.20. The molecule has 0 bridgehead atoms. The summed E-state index contributed by atoms with van der Waals surface area (Å²) in [7, 11) is 1.87. The molecule has 172 valence electrons. The Kier molecular flexibility index (Phi) is 7.67. The number of rotatable bonds is 8. The Morgan fingerprint density at radius 3 is 2.50 bits per heavy atom. The van der Waals surface area contributed by atoms with Crippen LogP contribution in [0.3, 0.4) is 0 Å². The molecule has 0 aliphatic heterocycles. The number of imidazole rings is 1. The lowest BCUT2D eigenvalue weighted by Gasteiger charge is -2.13. The van der Waals surface area contributed by atoms with E-state index in [1.807, 2.05) is 60.3 Å². The molecule has 0 atom stereocenters. The number of nitrogens with one attached hydrogen (secondary N) is 2. The highest BCUT2D eigenvalue weighted by Gasteiger charge is 2.14. The first kappa shape index (κ1) is 23.6. The number of aryl methyl sites for hydroxylation is 1. The number of benzene rings is 3. The van der Waals surface area contributed by atoms with Gasteiger partial charge in [-0.25, -0.2) is 4.98 Å². The van der Waals surface area contributed by atoms with Crippen molar-refractivity contribution in [3.8, 4) is 0 Å². The Labute approximate surface area is 207 Å². The number of carbonyl (C=O) groups is 2. The van der Waals surface area contributed by atoms with E-state index >= 15 is 0 Å². The van der Waals surface area contributed by atoms with Crippen molar-refractivity contribution in [3.05, 3.63) is 107 Å². The normalized spacial score (nSPS) is 10.6. The van der Waals surface area contributed by atoms with Crippen LogP contribution in [0.25, 0.3) is 0 Å². The van der Waals surface area contributed by atoms with Crippen LogP contribution in [0.5, 0.6) is 0 Å². The summed E-state index contributed by atoms with van der Waals surface area (Å²) in [6.45, 7) is 0. The van der Waals surface area contributed by atoms with Crippen LogP contribution < -0.4 is 10.6 Å². The van der Waals surface area contributed by atoms with Gasteiger partial charge in [-0.05, 0) is 41.8 Å². The fourth-order valence-corrected chi connectivity index (χ4v) is 4.27. The standard InChI is InChI=1S/C26H23ClN4O2S/c1-31-14-13-28-26(31)34-17-24(32)29-23-16-20(11-12-21(23)27)25(33)30-22-10-6-5-9-19(22)15-18-7-3-2-4-8-18/h2-14,16H,15,17H2,1H3,(H,29,32)(H,30,33). The van der Waals surface area contributed by atoms with Crippen LogP contribution in [0, 0.1) is 0 Å². The molecule has 0 saturated heterocycles. The van der Waals surface area contributed by atoms with Crippen LogP contribution in [0.2, 0.25) is 5.02 Å². The maximum atomic E-state index is 13.0. The highest BCUT2D eigenvalue weighted by Crippen LogP contribution is 2.25. The molecule has 34 heavy (non-hydrogen) atoms. The summed E-state index contributed by atoms with van der Waals surface area (Å²) in [5.74, 6) is -0.347. The minimum Gasteiger partial charge on any atom is -0.329 e. The summed E-state index contributed by atoms with van der Waals surface area (Å²) in [4.78, 5) is 29.6. The molecule has 0 unspecified atom stereocenters. The van der Waals surface area contributed by atoms with Gasteiger partial charge in [0.05, 0.1) is 16.5 Å². The Morgan fingerprint density at radius 2 is 1.74 bits per heavy atom. The zero-order chi connectivity index (χ0) is 23.9. The molecule has 1 heterocycles. The van der Waals surface area contributed by atoms with Gasteiger partial charge in [-0.3, -0.25) is 9.59 Å². The Bertz CT molecular complexity index is 1310. The molecule has 4 aromatic rings. The second-order valence-corrected chi connectivity index (χ2v) is 8.98. The first-order valence-electron chi connectivity index (χ1n) is 10.6. The van der Waals surface area contributed by atoms with E-state index in [0.29, 0.717) is 22.7 Å². The van der Waals surface area contributed by atoms with E-state index in [1.54, 1.807) is 24.4 Å². The monoisotopic (exact) mass is 490 g/mol. The summed E-state index contributed by atoms with van der Waals surface area (Å²) in [6, 6.07) is 22.6. The van der Waals surface area contributed by atoms with Gasteiger partial charge in [-0.15, -0.1) is 0 Å². The van der Waals surface area contributed by atoms with Crippen molar-refractivity contribution in [2.24, 2.45) is 7.05 Å². The lowest BCUT2D eigenvalue weighted by Crippen LogP contribution is -2.17. The van der Waals surface area contributed by atoms with Gasteiger partial charge < -0.3 is 15.2 Å². The van der Waals surface area contributed by atoms with Gasteiger partial charge in [0.1, 0.15) is 0 Å². The molecule has 2 amide bonds. The fourth-order valence-electron chi connectivity index (χ4n) is 3.38. The van der Waals surface area contributed by atoms with E-state index in [-0.39, 0.29) is 17.6 Å². The van der Waals surface area contributed by atoms with E-state index in [0.717, 1.165) is 22.0 Å². The SMILES string of the molecule is Cn1ccnc1SCC(=O)Nc1cc(C(=O)Nc2ccccc2Cc2ccccc2)ccc1Cl. The Morgan fingerprint density at radius 1 is 0.971 bits per heavy atom. The van der Waals surface area contributed by atoms with E-state index in [9.17, 15) is 9.59 Å². The summed E-state index contributed by atoms with van der Waals surface area (Å²) < 4.78 is 1.84. The van der Waals surface area contributed by atoms with Gasteiger partial charge in [-0.2, -0.15) is 0 Å². The molecule has 0 radical (unpaired) electrons. The van der Waals surface area contributed by atoms with Crippen molar-refractivity contribution in [1.29, 1.82) is 0 Å². The number of hydrogen-bond donors (Lipinski definition) is 2. The number of para-hydroxylation sites is 1. The maximum Gasteiger partial charge on any atom is 0.255 e. The molecular weight excluding hydrogens is 468 g/mol. The third kappa shape index (κ3) is 6.07. The fraction of sp³-hybridized carbons (Fsp3) is 0.115. The number of hydrogen-bond acceptors (Lipinski definition) is 4. The predicted octanol–water partition coefficient (Wildman–Crippen LogP) is 5.65. The number of carbonyl (C=O) groups excluding carboxylic acids is 2. The quantitative estimate of drug-likeness (QED) is 0.313. The van der Waals surface area contributed by atoms with Gasteiger partial charge in [-0.1, -0.05) is 71.9 Å². The third-order valence-corrected chi connectivity index (χ3v) is 6.50. The number of amides is 2. The lowest BCUT2D eigenvalue weighted by molar-refractivity contribution is -0.113. The van der Waals surface area contributed by atoms with Crippen LogP contribution >= 0.6 is 23.4 Å². The van der Waals surface area contributed by atoms with Crippen LogP contribution in [0.1, 0.15) is 21.5 Å². The van der Waals surface area contributed by atoms with Crippen LogP contribution in [0.15, 0.2) is 90.3 Å². The molecule has 0 aliphatic rings. The van der Waals surface area contributed by atoms with E-state index in [4.69, 9.17) is 11.6 Å². The lowest BCUT2D eigenvalue weighted by atomic mass is 10.0. The average Bonchev–Trinajstić information content (AvgIpc) is 3.25. The second-order valence-electron chi connectivity index (χ2n) is 7.63. The molecular formula is C26H23ClN4O2S. The van der Waals surface area contributed by atoms with Crippen LogP contribution in [-0.4, -0.2) is 27.1 Å². The molecule has 8 heteroatoms. The zero-order valence-corrected chi connectivity index (χ0v) is 20.1. The molecule has 0 fully saturated rings. The highest BCUT2D eigenvalue weighted by atomic mass is 35.5. The highest BCUT2D eigenvalue weighted by molar-refractivity contribution is 7.99. The number of nitrogens with zero attached hydrogens (tertiary/aromatic N) is 2. The van der Waals surface area contributed by atoms with Gasteiger partial charge in [0, 0.05) is 30.7 Å². The van der Waals surface area contributed by atoms with Crippen molar-refractivity contribution >= 4 is 46.6 Å². The number of halogens is 1. The maximum absolute atomic E-state index is 13.0. The molecule has 0 aliphatic carbocycles. The minimum atomic E-state index is -0.282. The first-order valence-corrected chi connectivity index (χ1v) is 12.0. The van der Waals surface area contributed by atoms with Crippen molar-refractivity contribution in [2.75, 3.05) is 16.4 Å². The first-order chi connectivity index (χ1) is 16.5. The number of thioether (sulfide) groups is 1. The Hall–Kier alpha value is -3.55. The summed E-state index contributed by atoms with van der Waals surface area (Å²) >= 11 is 7.59. The van der Waals surface area contributed by atoms with Gasteiger partial charge in [0.2, 0.25) is 5.91 Å². The third-order valence-electron chi connectivity index (χ3n) is 5.11. The predicted molar refractivity (Wildman–Crippen MR) is 138 cm³/mol. The summed E-state index contributed by atoms with van der Waals surface area (Å²) in [5.41, 5.74) is 3.69. The zero-order valence-electron chi connectivity index (χ0n) is 18.5. The number of anilines is 2. The van der Waals surface area contributed by atoms with Crippen molar-refractivity contribution in [1.82, 2.24) is 9.55 Å². The topological polar surface area (TPSA) is 76.0 Å². The molecule has 1 aromatic heterocycles. The molecule has 3 aromatic carbocycles. The molecule has 0 saturated carbocycles. The smallest absolute Gasteiger partial charge is 0.255 e. The van der Waals surface area contributed by atoms with E-state index in [1.165, 1.54) is 11.8 Å². The largest absolute Gasteiger partial charge is 0.329 e. The Balaban J connectivity index is 1.44.